The van der Waals surface area contributed by atoms with Crippen LogP contribution in [0.3, 0.4) is 0 Å². The van der Waals surface area contributed by atoms with Crippen molar-refractivity contribution in [1.82, 2.24) is 19.8 Å². The Morgan fingerprint density at radius 3 is 2.65 bits per heavy atom. The van der Waals surface area contributed by atoms with Gasteiger partial charge < -0.3 is 15.0 Å². The molecule has 2 fully saturated rings. The maximum Gasteiger partial charge on any atom is 0.415 e. The molecule has 0 saturated carbocycles. The Morgan fingerprint density at radius 1 is 1.24 bits per heavy atom. The molecular formula is C25H32N6O3. The second-order valence-electron chi connectivity index (χ2n) is 8.66. The number of carbonyl (C=O) groups is 2. The van der Waals surface area contributed by atoms with Crippen molar-refractivity contribution in [1.29, 1.82) is 0 Å². The van der Waals surface area contributed by atoms with E-state index >= 15 is 0 Å². The average Bonchev–Trinajstić information content (AvgIpc) is 3.25. The average molecular weight is 465 g/mol. The molecule has 1 aromatic carbocycles. The lowest BCUT2D eigenvalue weighted by Gasteiger charge is -2.34. The van der Waals surface area contributed by atoms with E-state index in [1.54, 1.807) is 17.2 Å². The lowest BCUT2D eigenvalue weighted by Crippen LogP contribution is -2.47. The van der Waals surface area contributed by atoms with Crippen LogP contribution >= 0.6 is 0 Å². The summed E-state index contributed by atoms with van der Waals surface area (Å²) in [5, 5.41) is 3.33. The van der Waals surface area contributed by atoms with Gasteiger partial charge in [-0.1, -0.05) is 37.8 Å². The largest absolute Gasteiger partial charge is 0.447 e. The van der Waals surface area contributed by atoms with Gasteiger partial charge in [-0.25, -0.2) is 9.78 Å². The molecule has 2 atom stereocenters. The van der Waals surface area contributed by atoms with Crippen LogP contribution in [0, 0.1) is 0 Å². The summed E-state index contributed by atoms with van der Waals surface area (Å²) in [5.41, 5.74) is 2.35. The van der Waals surface area contributed by atoms with E-state index in [0.29, 0.717) is 18.4 Å². The number of cyclic esters (lactones) is 1. The Hall–Kier alpha value is -3.46. The molecule has 1 N–H and O–H groups in total. The Bertz CT molecular complexity index is 1020. The van der Waals surface area contributed by atoms with Crippen LogP contribution in [-0.4, -0.2) is 70.6 Å². The lowest BCUT2D eigenvalue weighted by atomic mass is 10.1. The molecule has 180 valence electrons. The van der Waals surface area contributed by atoms with Gasteiger partial charge in [-0.05, 0) is 36.6 Å². The molecule has 2 aliphatic rings. The zero-order valence-electron chi connectivity index (χ0n) is 19.8. The standard InChI is InChI=1S/C25H32N6O3/c1-4-21-17-34-25(33)31(21)22-10-11-26-24(28-22)27-18(3)20-8-6-19(7-9-20)16-29-12-14-30(15-13-29)23(32)5-2/h5-11,18,21H,2,4,12-17H2,1,3H3,(H,26,27,28)/t18-,21?/m0/s1. The molecule has 2 amide bonds. The molecule has 1 aromatic heterocycles. The summed E-state index contributed by atoms with van der Waals surface area (Å²) >= 11 is 0. The number of piperazine rings is 1. The maximum absolute atomic E-state index is 12.1. The molecule has 0 spiro atoms. The van der Waals surface area contributed by atoms with Gasteiger partial charge in [0.15, 0.2) is 0 Å². The second kappa shape index (κ2) is 10.6. The second-order valence-corrected chi connectivity index (χ2v) is 8.66. The van der Waals surface area contributed by atoms with E-state index in [-0.39, 0.29) is 24.1 Å². The van der Waals surface area contributed by atoms with Crippen molar-refractivity contribution >= 4 is 23.8 Å². The monoisotopic (exact) mass is 464 g/mol. The van der Waals surface area contributed by atoms with E-state index in [2.05, 4.69) is 58.0 Å². The van der Waals surface area contributed by atoms with Crippen molar-refractivity contribution in [3.05, 3.63) is 60.3 Å². The van der Waals surface area contributed by atoms with Gasteiger partial charge >= 0.3 is 6.09 Å². The first-order valence-electron chi connectivity index (χ1n) is 11.8. The van der Waals surface area contributed by atoms with Crippen LogP contribution in [0.5, 0.6) is 0 Å². The van der Waals surface area contributed by atoms with Crippen LogP contribution in [0.4, 0.5) is 16.6 Å². The highest BCUT2D eigenvalue weighted by Crippen LogP contribution is 2.25. The van der Waals surface area contributed by atoms with Crippen molar-refractivity contribution < 1.29 is 14.3 Å². The number of benzene rings is 1. The Kier molecular flexibility index (Phi) is 7.42. The van der Waals surface area contributed by atoms with E-state index in [4.69, 9.17) is 4.74 Å². The van der Waals surface area contributed by atoms with Gasteiger partial charge in [0.1, 0.15) is 12.4 Å². The third kappa shape index (κ3) is 5.36. The minimum atomic E-state index is -0.367. The molecule has 4 rings (SSSR count). The van der Waals surface area contributed by atoms with Gasteiger partial charge in [-0.3, -0.25) is 14.6 Å². The third-order valence-corrected chi connectivity index (χ3v) is 6.41. The molecular weight excluding hydrogens is 432 g/mol. The molecule has 2 aliphatic heterocycles. The first kappa shape index (κ1) is 23.7. The molecule has 0 bridgehead atoms. The molecule has 0 radical (unpaired) electrons. The molecule has 9 nitrogen and oxygen atoms in total. The number of hydrogen-bond acceptors (Lipinski definition) is 7. The number of ether oxygens (including phenoxy) is 1. The number of carbonyl (C=O) groups excluding carboxylic acids is 2. The molecule has 2 saturated heterocycles. The van der Waals surface area contributed by atoms with Gasteiger partial charge in [0, 0.05) is 38.9 Å². The van der Waals surface area contributed by atoms with Crippen molar-refractivity contribution in [3.8, 4) is 0 Å². The Labute approximate surface area is 200 Å². The summed E-state index contributed by atoms with van der Waals surface area (Å²) in [6, 6.07) is 10.2. The number of hydrogen-bond donors (Lipinski definition) is 1. The van der Waals surface area contributed by atoms with E-state index in [1.807, 2.05) is 11.8 Å². The zero-order chi connectivity index (χ0) is 24.1. The van der Waals surface area contributed by atoms with Crippen LogP contribution in [0.2, 0.25) is 0 Å². The summed E-state index contributed by atoms with van der Waals surface area (Å²) in [6.07, 6.45) is 3.46. The van der Waals surface area contributed by atoms with Gasteiger partial charge in [0.2, 0.25) is 11.9 Å². The van der Waals surface area contributed by atoms with Gasteiger partial charge in [-0.15, -0.1) is 0 Å². The van der Waals surface area contributed by atoms with Crippen LogP contribution in [0.15, 0.2) is 49.2 Å². The zero-order valence-corrected chi connectivity index (χ0v) is 19.8. The fourth-order valence-corrected chi connectivity index (χ4v) is 4.30. The molecule has 1 unspecified atom stereocenters. The predicted molar refractivity (Wildman–Crippen MR) is 130 cm³/mol. The van der Waals surface area contributed by atoms with E-state index in [1.165, 1.54) is 11.6 Å². The number of nitrogens with zero attached hydrogens (tertiary/aromatic N) is 5. The predicted octanol–water partition coefficient (Wildman–Crippen LogP) is 3.22. The molecule has 2 aromatic rings. The normalized spacial score (nSPS) is 19.6. The fourth-order valence-electron chi connectivity index (χ4n) is 4.30. The van der Waals surface area contributed by atoms with Crippen molar-refractivity contribution in [2.75, 3.05) is 43.0 Å². The topological polar surface area (TPSA) is 90.9 Å². The van der Waals surface area contributed by atoms with E-state index in [9.17, 15) is 9.59 Å². The number of nitrogens with one attached hydrogen (secondary N) is 1. The molecule has 9 heteroatoms. The lowest BCUT2D eigenvalue weighted by molar-refractivity contribution is -0.127. The minimum absolute atomic E-state index is 0.00514. The number of aromatic nitrogens is 2. The molecule has 3 heterocycles. The van der Waals surface area contributed by atoms with Crippen molar-refractivity contribution in [3.63, 3.8) is 0 Å². The Balaban J connectivity index is 1.34. The first-order chi connectivity index (χ1) is 16.5. The number of anilines is 2. The summed E-state index contributed by atoms with van der Waals surface area (Å²) in [5.74, 6) is 1.02. The van der Waals surface area contributed by atoms with Crippen LogP contribution in [-0.2, 0) is 16.1 Å². The summed E-state index contributed by atoms with van der Waals surface area (Å²) in [4.78, 5) is 38.5. The smallest absolute Gasteiger partial charge is 0.415 e. The highest BCUT2D eigenvalue weighted by molar-refractivity contribution is 5.89. The number of rotatable bonds is 8. The van der Waals surface area contributed by atoms with Crippen molar-refractivity contribution in [2.24, 2.45) is 0 Å². The van der Waals surface area contributed by atoms with E-state index in [0.717, 1.165) is 44.7 Å². The minimum Gasteiger partial charge on any atom is -0.447 e. The fraction of sp³-hybridized carbons (Fsp3) is 0.440. The maximum atomic E-state index is 12.1. The first-order valence-corrected chi connectivity index (χ1v) is 11.8. The summed E-state index contributed by atoms with van der Waals surface area (Å²) in [6.45, 7) is 12.1. The highest BCUT2D eigenvalue weighted by atomic mass is 16.6. The van der Waals surface area contributed by atoms with Crippen LogP contribution < -0.4 is 10.2 Å². The Morgan fingerprint density at radius 2 is 1.97 bits per heavy atom. The van der Waals surface area contributed by atoms with Crippen LogP contribution in [0.25, 0.3) is 0 Å². The molecule has 0 aliphatic carbocycles. The third-order valence-electron chi connectivity index (χ3n) is 6.41. The van der Waals surface area contributed by atoms with E-state index < -0.39 is 0 Å². The van der Waals surface area contributed by atoms with Gasteiger partial charge in [0.05, 0.1) is 12.1 Å². The quantitative estimate of drug-likeness (QED) is 0.600. The SMILES string of the molecule is C=CC(=O)N1CCN(Cc2ccc([C@H](C)Nc3nccc(N4C(=O)OCC4CC)n3)cc2)CC1. The number of amides is 2. The highest BCUT2D eigenvalue weighted by Gasteiger charge is 2.34. The van der Waals surface area contributed by atoms with Gasteiger partial charge in [-0.2, -0.15) is 4.98 Å². The summed E-state index contributed by atoms with van der Waals surface area (Å²) in [7, 11) is 0. The summed E-state index contributed by atoms with van der Waals surface area (Å²) < 4.78 is 5.18. The van der Waals surface area contributed by atoms with Crippen LogP contribution in [0.1, 0.15) is 37.4 Å². The van der Waals surface area contributed by atoms with Crippen molar-refractivity contribution in [2.45, 2.75) is 38.9 Å². The molecule has 34 heavy (non-hydrogen) atoms. The van der Waals surface area contributed by atoms with Gasteiger partial charge in [0.25, 0.3) is 0 Å².